The quantitative estimate of drug-likeness (QED) is 0.781. The molecule has 1 amide bonds. The van der Waals surface area contributed by atoms with E-state index in [0.717, 1.165) is 0 Å². The van der Waals surface area contributed by atoms with Crippen molar-refractivity contribution >= 4 is 5.91 Å². The number of benzene rings is 1. The molecule has 23 heavy (non-hydrogen) atoms. The first-order valence-electron chi connectivity index (χ1n) is 7.37. The lowest BCUT2D eigenvalue weighted by atomic mass is 10.1. The van der Waals surface area contributed by atoms with Gasteiger partial charge in [0.15, 0.2) is 0 Å². The van der Waals surface area contributed by atoms with Crippen LogP contribution in [0.1, 0.15) is 12.2 Å². The highest BCUT2D eigenvalue weighted by Crippen LogP contribution is 2.25. The Morgan fingerprint density at radius 1 is 1.35 bits per heavy atom. The number of carbonyl (C=O) groups is 1. The molecule has 0 aliphatic carbocycles. The van der Waals surface area contributed by atoms with Gasteiger partial charge in [-0.2, -0.15) is 0 Å². The number of hydrogen-bond acceptors (Lipinski definition) is 4. The van der Waals surface area contributed by atoms with Crippen LogP contribution in [0.2, 0.25) is 0 Å². The van der Waals surface area contributed by atoms with E-state index in [1.807, 2.05) is 0 Å². The molecule has 0 radical (unpaired) electrons. The Morgan fingerprint density at radius 2 is 2.13 bits per heavy atom. The summed E-state index contributed by atoms with van der Waals surface area (Å²) < 4.78 is 24.0. The van der Waals surface area contributed by atoms with Crippen LogP contribution in [0.4, 0.5) is 4.39 Å². The molecule has 2 N–H and O–H groups in total. The fourth-order valence-electron chi connectivity index (χ4n) is 2.13. The first-order chi connectivity index (χ1) is 11.1. The molecular weight excluding hydrogens is 301 g/mol. The summed E-state index contributed by atoms with van der Waals surface area (Å²) in [6.07, 6.45) is -0.0925. The fourth-order valence-corrected chi connectivity index (χ4v) is 2.13. The molecule has 5 nitrogen and oxygen atoms in total. The molecule has 1 aromatic carbocycles. The summed E-state index contributed by atoms with van der Waals surface area (Å²) in [5.74, 6) is 0.507. The zero-order valence-corrected chi connectivity index (χ0v) is 12.9. The summed E-state index contributed by atoms with van der Waals surface area (Å²) in [7, 11) is 1.48. The molecule has 6 heteroatoms. The van der Waals surface area contributed by atoms with Crippen molar-refractivity contribution in [2.24, 2.45) is 0 Å². The number of methoxy groups -OCH3 is 1. The van der Waals surface area contributed by atoms with Crippen LogP contribution in [0.25, 0.3) is 11.3 Å². The Labute approximate surface area is 134 Å². The summed E-state index contributed by atoms with van der Waals surface area (Å²) in [5.41, 5.74) is 0.394. The molecule has 2 rings (SSSR count). The van der Waals surface area contributed by atoms with Gasteiger partial charge in [0, 0.05) is 26.5 Å². The second-order valence-electron chi connectivity index (χ2n) is 5.16. The van der Waals surface area contributed by atoms with Gasteiger partial charge in [0.25, 0.3) is 0 Å². The highest BCUT2D eigenvalue weighted by atomic mass is 19.1. The number of rotatable bonds is 8. The molecule has 1 aromatic heterocycles. The summed E-state index contributed by atoms with van der Waals surface area (Å²) >= 11 is 0. The molecule has 0 saturated heterocycles. The number of carbonyl (C=O) groups excluding carboxylic acids is 1. The Kier molecular flexibility index (Phi) is 6.31. The van der Waals surface area contributed by atoms with Crippen molar-refractivity contribution in [2.45, 2.75) is 18.9 Å². The fraction of sp³-hybridized carbons (Fsp3) is 0.353. The molecule has 0 aliphatic rings. The van der Waals surface area contributed by atoms with E-state index >= 15 is 0 Å². The second-order valence-corrected chi connectivity index (χ2v) is 5.16. The SMILES string of the molecule is COCC(O)CNC(=O)CCc1ccc(-c2ccccc2F)o1. The average molecular weight is 321 g/mol. The molecule has 1 heterocycles. The molecule has 124 valence electrons. The third-order valence-corrected chi connectivity index (χ3v) is 3.29. The topological polar surface area (TPSA) is 71.7 Å². The first-order valence-corrected chi connectivity index (χ1v) is 7.37. The Morgan fingerprint density at radius 3 is 2.87 bits per heavy atom. The van der Waals surface area contributed by atoms with Crippen molar-refractivity contribution in [2.75, 3.05) is 20.3 Å². The van der Waals surface area contributed by atoms with E-state index < -0.39 is 6.10 Å². The van der Waals surface area contributed by atoms with Crippen molar-refractivity contribution in [1.29, 1.82) is 0 Å². The van der Waals surface area contributed by atoms with Crippen LogP contribution < -0.4 is 5.32 Å². The van der Waals surface area contributed by atoms with E-state index in [9.17, 15) is 14.3 Å². The average Bonchev–Trinajstić information content (AvgIpc) is 3.00. The predicted molar refractivity (Wildman–Crippen MR) is 83.3 cm³/mol. The van der Waals surface area contributed by atoms with Gasteiger partial charge >= 0.3 is 0 Å². The minimum Gasteiger partial charge on any atom is -0.461 e. The summed E-state index contributed by atoms with van der Waals surface area (Å²) in [4.78, 5) is 11.7. The highest BCUT2D eigenvalue weighted by molar-refractivity contribution is 5.76. The van der Waals surface area contributed by atoms with E-state index in [1.54, 1.807) is 30.3 Å². The number of aliphatic hydroxyl groups excluding tert-OH is 1. The number of aliphatic hydroxyl groups is 1. The zero-order chi connectivity index (χ0) is 16.7. The third-order valence-electron chi connectivity index (χ3n) is 3.29. The van der Waals surface area contributed by atoms with Gasteiger partial charge < -0.3 is 19.6 Å². The highest BCUT2D eigenvalue weighted by Gasteiger charge is 2.11. The van der Waals surface area contributed by atoms with Crippen LogP contribution in [-0.4, -0.2) is 37.4 Å². The van der Waals surface area contributed by atoms with E-state index in [0.29, 0.717) is 23.5 Å². The number of aryl methyl sites for hydroxylation is 1. The number of amides is 1. The van der Waals surface area contributed by atoms with E-state index in [1.165, 1.54) is 13.2 Å². The van der Waals surface area contributed by atoms with Crippen LogP contribution in [0, 0.1) is 5.82 Å². The van der Waals surface area contributed by atoms with Crippen molar-refractivity contribution in [3.63, 3.8) is 0 Å². The monoisotopic (exact) mass is 321 g/mol. The van der Waals surface area contributed by atoms with Gasteiger partial charge in [-0.15, -0.1) is 0 Å². The maximum absolute atomic E-state index is 13.7. The number of furan rings is 1. The first kappa shape index (κ1) is 17.2. The van der Waals surface area contributed by atoms with Gasteiger partial charge in [-0.3, -0.25) is 4.79 Å². The van der Waals surface area contributed by atoms with Crippen molar-refractivity contribution in [3.05, 3.63) is 48.0 Å². The van der Waals surface area contributed by atoms with Crippen LogP contribution in [0.3, 0.4) is 0 Å². The van der Waals surface area contributed by atoms with Gasteiger partial charge in [-0.05, 0) is 24.3 Å². The minimum atomic E-state index is -0.722. The number of ether oxygens (including phenoxy) is 1. The van der Waals surface area contributed by atoms with Gasteiger partial charge in [-0.25, -0.2) is 4.39 Å². The van der Waals surface area contributed by atoms with Crippen LogP contribution in [0.5, 0.6) is 0 Å². The number of hydrogen-bond donors (Lipinski definition) is 2. The van der Waals surface area contributed by atoms with E-state index in [-0.39, 0.29) is 31.3 Å². The molecular formula is C17H20FNO4. The van der Waals surface area contributed by atoms with Crippen LogP contribution in [0.15, 0.2) is 40.8 Å². The van der Waals surface area contributed by atoms with Crippen molar-refractivity contribution in [3.8, 4) is 11.3 Å². The minimum absolute atomic E-state index is 0.144. The normalized spacial score (nSPS) is 12.1. The smallest absolute Gasteiger partial charge is 0.220 e. The molecule has 0 bridgehead atoms. The Balaban J connectivity index is 1.83. The summed E-state index contributed by atoms with van der Waals surface area (Å²) in [5, 5.41) is 12.1. The lowest BCUT2D eigenvalue weighted by Crippen LogP contribution is -2.34. The van der Waals surface area contributed by atoms with Gasteiger partial charge in [0.1, 0.15) is 17.3 Å². The molecule has 2 aromatic rings. The standard InChI is InChI=1S/C17H20FNO4/c1-22-11-12(20)10-19-17(21)9-7-13-6-8-16(23-13)14-4-2-3-5-15(14)18/h2-6,8,12,20H,7,9-11H2,1H3,(H,19,21). The molecule has 0 aliphatic heterocycles. The number of nitrogens with one attached hydrogen (secondary N) is 1. The Bertz CT molecular complexity index is 641. The maximum atomic E-state index is 13.7. The van der Waals surface area contributed by atoms with Gasteiger partial charge in [0.2, 0.25) is 5.91 Å². The van der Waals surface area contributed by atoms with Crippen LogP contribution in [-0.2, 0) is 16.0 Å². The van der Waals surface area contributed by atoms with Gasteiger partial charge in [-0.1, -0.05) is 12.1 Å². The zero-order valence-electron chi connectivity index (χ0n) is 12.9. The molecule has 0 fully saturated rings. The maximum Gasteiger partial charge on any atom is 0.220 e. The summed E-state index contributed by atoms with van der Waals surface area (Å²) in [6, 6.07) is 9.78. The Hall–Kier alpha value is -2.18. The van der Waals surface area contributed by atoms with Gasteiger partial charge in [0.05, 0.1) is 18.3 Å². The largest absolute Gasteiger partial charge is 0.461 e. The molecule has 0 saturated carbocycles. The third kappa shape index (κ3) is 5.19. The van der Waals surface area contributed by atoms with E-state index in [2.05, 4.69) is 5.32 Å². The number of halogens is 1. The van der Waals surface area contributed by atoms with Crippen molar-refractivity contribution < 1.29 is 23.4 Å². The van der Waals surface area contributed by atoms with Crippen molar-refractivity contribution in [1.82, 2.24) is 5.32 Å². The molecule has 0 spiro atoms. The molecule has 1 unspecified atom stereocenters. The predicted octanol–water partition coefficient (Wildman–Crippen LogP) is 2.14. The van der Waals surface area contributed by atoms with Crippen LogP contribution >= 0.6 is 0 Å². The second kappa shape index (κ2) is 8.45. The lowest BCUT2D eigenvalue weighted by molar-refractivity contribution is -0.121. The lowest BCUT2D eigenvalue weighted by Gasteiger charge is -2.10. The molecule has 1 atom stereocenters. The van der Waals surface area contributed by atoms with E-state index in [4.69, 9.17) is 9.15 Å². The summed E-state index contributed by atoms with van der Waals surface area (Å²) in [6.45, 7) is 0.315.